The monoisotopic (exact) mass is 864 g/mol. The molecule has 0 nitrogen and oxygen atoms in total. The number of hydrogen-bond donors (Lipinski definition) is 0. The van der Waals surface area contributed by atoms with Gasteiger partial charge in [-0.15, -0.1) is 7.92 Å². The lowest BCUT2D eigenvalue weighted by Crippen LogP contribution is -2.70. The van der Waals surface area contributed by atoms with Crippen LogP contribution in [0.4, 0.5) is 114 Å². The van der Waals surface area contributed by atoms with E-state index in [1.165, 1.54) is 20.8 Å². The maximum Gasteiger partial charge on any atom is 0.460 e. The average Bonchev–Trinajstić information content (AvgIpc) is 2.94. The van der Waals surface area contributed by atoms with Crippen LogP contribution in [0.3, 0.4) is 0 Å². The van der Waals surface area contributed by atoms with Gasteiger partial charge in [-0.3, -0.25) is 0 Å². The topological polar surface area (TPSA) is 0 Å². The van der Waals surface area contributed by atoms with Crippen LogP contribution >= 0.6 is 7.92 Å². The van der Waals surface area contributed by atoms with E-state index >= 15 is 0 Å². The van der Waals surface area contributed by atoms with Crippen LogP contribution in [0.25, 0.3) is 0 Å². The van der Waals surface area contributed by atoms with Crippen LogP contribution in [0.15, 0.2) is 0 Å². The first-order chi connectivity index (χ1) is 22.9. The molecule has 0 heterocycles. The molecule has 0 spiro atoms. The third-order valence-corrected chi connectivity index (χ3v) is 12.0. The van der Waals surface area contributed by atoms with Crippen molar-refractivity contribution in [3.8, 4) is 0 Å². The van der Waals surface area contributed by atoms with E-state index in [0.717, 1.165) is 0 Å². The molecule has 1 fully saturated rings. The second-order valence-electron chi connectivity index (χ2n) is 12.9. The van der Waals surface area contributed by atoms with E-state index in [9.17, 15) is 114 Å². The summed E-state index contributed by atoms with van der Waals surface area (Å²) in [4.78, 5) is 0. The standard InChI is InChI=1S/C26H27F26P/c1-11(2)13-5-4-12(3)10-14(13)53(8-6-15(27,28)17(31,32)19(35,36)21(39,40)23(43,44)25(47,48)49)9-7-16(29,30)18(33,34)20(37,38)22(41,42)24(45,46)26(50,51)52/h11-14H,4-10H2,1-3H3/t12-,13+,14-/m1/s1. The van der Waals surface area contributed by atoms with Gasteiger partial charge in [0.15, 0.2) is 0 Å². The summed E-state index contributed by atoms with van der Waals surface area (Å²) in [5.41, 5.74) is -1.46. The largest absolute Gasteiger partial charge is 0.460 e. The van der Waals surface area contributed by atoms with Crippen LogP contribution in [0.5, 0.6) is 0 Å². The zero-order chi connectivity index (χ0) is 42.8. The minimum absolute atomic E-state index is 0.0466. The summed E-state index contributed by atoms with van der Waals surface area (Å²) >= 11 is 0. The number of rotatable bonds is 16. The Morgan fingerprint density at radius 3 is 0.981 bits per heavy atom. The van der Waals surface area contributed by atoms with Gasteiger partial charge in [-0.1, -0.05) is 27.2 Å². The van der Waals surface area contributed by atoms with Crippen LogP contribution in [0.1, 0.15) is 52.9 Å². The molecule has 0 aliphatic heterocycles. The van der Waals surface area contributed by atoms with Crippen molar-refractivity contribution < 1.29 is 114 Å². The van der Waals surface area contributed by atoms with Crippen molar-refractivity contribution in [1.82, 2.24) is 0 Å². The van der Waals surface area contributed by atoms with Gasteiger partial charge in [0.25, 0.3) is 0 Å². The first-order valence-corrected chi connectivity index (χ1v) is 16.3. The van der Waals surface area contributed by atoms with Gasteiger partial charge in [-0.25, -0.2) is 0 Å². The van der Waals surface area contributed by atoms with Crippen LogP contribution < -0.4 is 0 Å². The van der Waals surface area contributed by atoms with Crippen molar-refractivity contribution >= 4 is 7.92 Å². The van der Waals surface area contributed by atoms with E-state index in [0.29, 0.717) is 0 Å². The van der Waals surface area contributed by atoms with Gasteiger partial charge < -0.3 is 0 Å². The summed E-state index contributed by atoms with van der Waals surface area (Å²) in [7, 11) is -3.26. The van der Waals surface area contributed by atoms with Gasteiger partial charge in [-0.2, -0.15) is 114 Å². The van der Waals surface area contributed by atoms with Gasteiger partial charge in [0.2, 0.25) is 0 Å². The van der Waals surface area contributed by atoms with E-state index in [1.807, 2.05) is 0 Å². The molecule has 53 heavy (non-hydrogen) atoms. The predicted octanol–water partition coefficient (Wildman–Crippen LogP) is 13.2. The molecule has 0 saturated heterocycles. The number of halogens is 26. The van der Waals surface area contributed by atoms with Gasteiger partial charge >= 0.3 is 71.6 Å². The first-order valence-electron chi connectivity index (χ1n) is 14.5. The zero-order valence-corrected chi connectivity index (χ0v) is 27.4. The van der Waals surface area contributed by atoms with Crippen molar-refractivity contribution in [3.05, 3.63) is 0 Å². The average molecular weight is 864 g/mol. The van der Waals surface area contributed by atoms with E-state index < -0.39 is 134 Å². The molecule has 0 aromatic rings. The highest BCUT2D eigenvalue weighted by Crippen LogP contribution is 2.64. The molecule has 0 aromatic carbocycles. The van der Waals surface area contributed by atoms with E-state index in [-0.39, 0.29) is 12.8 Å². The van der Waals surface area contributed by atoms with Crippen molar-refractivity contribution in [3.63, 3.8) is 0 Å². The molecule has 1 saturated carbocycles. The molecule has 27 heteroatoms. The molecule has 318 valence electrons. The predicted molar refractivity (Wildman–Crippen MR) is 133 cm³/mol. The minimum Gasteiger partial charge on any atom is -0.200 e. The zero-order valence-electron chi connectivity index (χ0n) is 26.5. The lowest BCUT2D eigenvalue weighted by Gasteiger charge is -2.44. The summed E-state index contributed by atoms with van der Waals surface area (Å²) in [6.07, 6.45) is -25.7. The first kappa shape index (κ1) is 49.6. The Bertz CT molecular complexity index is 1150. The Morgan fingerprint density at radius 1 is 0.434 bits per heavy atom. The lowest BCUT2D eigenvalue weighted by atomic mass is 9.77. The van der Waals surface area contributed by atoms with Crippen LogP contribution in [0.2, 0.25) is 0 Å². The number of alkyl halides is 26. The van der Waals surface area contributed by atoms with Crippen molar-refractivity contribution in [2.24, 2.45) is 17.8 Å². The van der Waals surface area contributed by atoms with Crippen molar-refractivity contribution in [2.45, 2.75) is 130 Å². The van der Waals surface area contributed by atoms with E-state index in [4.69, 9.17) is 0 Å². The Hall–Kier alpha value is -1.39. The molecular formula is C26H27F26P. The highest BCUT2D eigenvalue weighted by atomic mass is 31.1. The summed E-state index contributed by atoms with van der Waals surface area (Å²) in [6.45, 7) is 3.98. The molecular weight excluding hydrogens is 837 g/mol. The molecule has 0 aromatic heterocycles. The van der Waals surface area contributed by atoms with Crippen molar-refractivity contribution in [1.29, 1.82) is 0 Å². The molecule has 1 aliphatic rings. The third kappa shape index (κ3) is 8.09. The van der Waals surface area contributed by atoms with Gasteiger partial charge in [0.05, 0.1) is 0 Å². The lowest BCUT2D eigenvalue weighted by molar-refractivity contribution is -0.439. The molecule has 3 atom stereocenters. The Morgan fingerprint density at radius 2 is 0.717 bits per heavy atom. The fraction of sp³-hybridized carbons (Fsp3) is 1.00. The molecule has 1 aliphatic carbocycles. The minimum atomic E-state index is -8.32. The summed E-state index contributed by atoms with van der Waals surface area (Å²) < 4.78 is 353. The molecule has 1 rings (SSSR count). The number of hydrogen-bond acceptors (Lipinski definition) is 0. The third-order valence-electron chi connectivity index (χ3n) is 8.88. The maximum atomic E-state index is 14.6. The molecule has 0 radical (unpaired) electrons. The Balaban J connectivity index is 3.70. The van der Waals surface area contributed by atoms with Crippen LogP contribution in [-0.4, -0.2) is 89.6 Å². The molecule has 0 unspecified atom stereocenters. The van der Waals surface area contributed by atoms with Gasteiger partial charge in [0.1, 0.15) is 0 Å². The van der Waals surface area contributed by atoms with Gasteiger partial charge in [-0.05, 0) is 48.6 Å². The molecule has 0 N–H and O–H groups in total. The quantitative estimate of drug-likeness (QED) is 0.107. The smallest absolute Gasteiger partial charge is 0.200 e. The maximum absolute atomic E-state index is 14.6. The van der Waals surface area contributed by atoms with Gasteiger partial charge in [0, 0.05) is 12.8 Å². The normalized spacial score (nSPS) is 21.9. The van der Waals surface area contributed by atoms with Crippen LogP contribution in [-0.2, 0) is 0 Å². The Labute approximate surface area is 283 Å². The second-order valence-corrected chi connectivity index (χ2v) is 15.7. The fourth-order valence-corrected chi connectivity index (χ4v) is 9.22. The van der Waals surface area contributed by atoms with E-state index in [2.05, 4.69) is 0 Å². The Kier molecular flexibility index (Phi) is 13.6. The summed E-state index contributed by atoms with van der Waals surface area (Å²) in [5.74, 6) is -81.0. The molecule has 0 amide bonds. The highest BCUT2D eigenvalue weighted by molar-refractivity contribution is 7.58. The fourth-order valence-electron chi connectivity index (χ4n) is 5.50. The second kappa shape index (κ2) is 14.5. The van der Waals surface area contributed by atoms with Crippen LogP contribution in [0, 0.1) is 17.8 Å². The van der Waals surface area contributed by atoms with E-state index in [1.54, 1.807) is 0 Å². The summed E-state index contributed by atoms with van der Waals surface area (Å²) in [6, 6.07) is 0. The summed E-state index contributed by atoms with van der Waals surface area (Å²) in [5, 5.41) is 0. The SMILES string of the molecule is CC(C)[C@@H]1CC[C@@H](C)C[C@H]1P(CCC(F)(F)C(F)(F)C(F)(F)C(F)(F)C(F)(F)C(F)(F)F)CCC(F)(F)C(F)(F)C(F)(F)C(F)(F)C(F)(F)C(F)(F)F. The highest BCUT2D eigenvalue weighted by Gasteiger charge is 2.92. The van der Waals surface area contributed by atoms with Crippen molar-refractivity contribution in [2.75, 3.05) is 12.3 Å². The molecule has 0 bridgehead atoms.